The number of fused-ring (bicyclic) bond motifs is 1. The molecule has 0 radical (unpaired) electrons. The van der Waals surface area contributed by atoms with Crippen LogP contribution in [-0.2, 0) is 11.3 Å². The van der Waals surface area contributed by atoms with Crippen LogP contribution >= 0.6 is 27.7 Å². The number of aromatic nitrogens is 1. The van der Waals surface area contributed by atoms with E-state index in [0.717, 1.165) is 54.5 Å². The number of carbonyl (C=O) groups excluding carboxylic acids is 2. The van der Waals surface area contributed by atoms with Crippen LogP contribution in [0.25, 0.3) is 22.5 Å². The van der Waals surface area contributed by atoms with Gasteiger partial charge in [0.25, 0.3) is 11.1 Å². The monoisotopic (exact) mass is 534 g/mol. The molecule has 1 aromatic heterocycles. The molecule has 7 heteroatoms. The summed E-state index contributed by atoms with van der Waals surface area (Å²) in [4.78, 5) is 27.0. The van der Waals surface area contributed by atoms with Crippen molar-refractivity contribution < 1.29 is 14.0 Å². The van der Waals surface area contributed by atoms with Gasteiger partial charge in [-0.2, -0.15) is 0 Å². The van der Waals surface area contributed by atoms with Crippen LogP contribution in [-0.4, -0.2) is 20.6 Å². The van der Waals surface area contributed by atoms with Crippen LogP contribution in [0, 0.1) is 19.7 Å². The molecule has 0 aliphatic carbocycles. The minimum Gasteiger partial charge on any atom is -0.317 e. The summed E-state index contributed by atoms with van der Waals surface area (Å²) in [5, 5.41) is 1.82. The van der Waals surface area contributed by atoms with Gasteiger partial charge in [-0.15, -0.1) is 0 Å². The topological polar surface area (TPSA) is 42.3 Å². The predicted octanol–water partition coefficient (Wildman–Crippen LogP) is 7.39. The van der Waals surface area contributed by atoms with E-state index in [9.17, 15) is 14.0 Å². The number of nitrogens with zero attached hydrogens (tertiary/aromatic N) is 2. The highest BCUT2D eigenvalue weighted by Crippen LogP contribution is 2.36. The Labute approximate surface area is 209 Å². The largest absolute Gasteiger partial charge is 0.317 e. The quantitative estimate of drug-likeness (QED) is 0.256. The molecule has 2 amide bonds. The second-order valence-electron chi connectivity index (χ2n) is 8.13. The molecule has 0 N–H and O–H groups in total. The molecule has 0 spiro atoms. The van der Waals surface area contributed by atoms with Crippen molar-refractivity contribution in [1.29, 1.82) is 0 Å². The summed E-state index contributed by atoms with van der Waals surface area (Å²) in [6, 6.07) is 20.5. The van der Waals surface area contributed by atoms with Gasteiger partial charge >= 0.3 is 0 Å². The summed E-state index contributed by atoms with van der Waals surface area (Å²) in [7, 11) is 0. The Hall–Kier alpha value is -3.16. The normalized spacial score (nSPS) is 15.2. The highest BCUT2D eigenvalue weighted by atomic mass is 79.9. The molecule has 0 saturated carbocycles. The number of halogens is 2. The number of aryl methyl sites for hydroxylation is 1. The Kier molecular flexibility index (Phi) is 5.91. The molecule has 4 nitrogen and oxygen atoms in total. The maximum Gasteiger partial charge on any atom is 0.293 e. The molecule has 34 heavy (non-hydrogen) atoms. The Balaban J connectivity index is 1.51. The van der Waals surface area contributed by atoms with E-state index in [1.165, 1.54) is 6.07 Å². The van der Waals surface area contributed by atoms with Crippen molar-refractivity contribution in [1.82, 2.24) is 9.47 Å². The van der Waals surface area contributed by atoms with Gasteiger partial charge in [-0.05, 0) is 66.9 Å². The van der Waals surface area contributed by atoms with Gasteiger partial charge in [0.05, 0.1) is 17.1 Å². The first-order chi connectivity index (χ1) is 16.3. The maximum atomic E-state index is 14.1. The third-order valence-corrected chi connectivity index (χ3v) is 7.60. The molecule has 1 fully saturated rings. The number of imide groups is 1. The van der Waals surface area contributed by atoms with Gasteiger partial charge in [0, 0.05) is 26.8 Å². The predicted molar refractivity (Wildman–Crippen MR) is 138 cm³/mol. The molecule has 1 aliphatic heterocycles. The molecule has 170 valence electrons. The molecular weight excluding hydrogens is 515 g/mol. The van der Waals surface area contributed by atoms with Gasteiger partial charge in [-0.3, -0.25) is 14.5 Å². The second kappa shape index (κ2) is 8.89. The molecule has 5 rings (SSSR count). The van der Waals surface area contributed by atoms with Crippen molar-refractivity contribution in [3.8, 4) is 5.69 Å². The van der Waals surface area contributed by atoms with Crippen LogP contribution < -0.4 is 0 Å². The van der Waals surface area contributed by atoms with Crippen molar-refractivity contribution in [3.05, 3.63) is 104 Å². The highest BCUT2D eigenvalue weighted by Gasteiger charge is 2.35. The van der Waals surface area contributed by atoms with Crippen molar-refractivity contribution in [3.63, 3.8) is 0 Å². The zero-order valence-electron chi connectivity index (χ0n) is 18.5. The van der Waals surface area contributed by atoms with E-state index in [-0.39, 0.29) is 6.54 Å². The summed E-state index contributed by atoms with van der Waals surface area (Å²) in [6.07, 6.45) is 1.76. The number of rotatable bonds is 4. The van der Waals surface area contributed by atoms with E-state index in [2.05, 4.69) is 38.7 Å². The number of hydrogen-bond acceptors (Lipinski definition) is 3. The van der Waals surface area contributed by atoms with E-state index in [0.29, 0.717) is 10.5 Å². The average molecular weight is 535 g/mol. The fourth-order valence-corrected chi connectivity index (χ4v) is 5.63. The van der Waals surface area contributed by atoms with Gasteiger partial charge in [-0.1, -0.05) is 58.4 Å². The first kappa shape index (κ1) is 22.6. The zero-order chi connectivity index (χ0) is 24.0. The highest BCUT2D eigenvalue weighted by molar-refractivity contribution is 9.10. The van der Waals surface area contributed by atoms with Gasteiger partial charge < -0.3 is 4.57 Å². The molecule has 4 aromatic rings. The Morgan fingerprint density at radius 3 is 2.44 bits per heavy atom. The van der Waals surface area contributed by atoms with Gasteiger partial charge in [0.2, 0.25) is 0 Å². The fraction of sp³-hybridized carbons (Fsp3) is 0.111. The molecule has 0 atom stereocenters. The van der Waals surface area contributed by atoms with E-state index in [1.54, 1.807) is 24.3 Å². The lowest BCUT2D eigenvalue weighted by atomic mass is 10.1. The number of carbonyl (C=O) groups is 2. The number of benzene rings is 3. The third kappa shape index (κ3) is 3.89. The summed E-state index contributed by atoms with van der Waals surface area (Å²) in [5.74, 6) is -0.840. The maximum absolute atomic E-state index is 14.1. The van der Waals surface area contributed by atoms with Gasteiger partial charge in [0.1, 0.15) is 5.82 Å². The van der Waals surface area contributed by atoms with Crippen LogP contribution in [0.2, 0.25) is 0 Å². The van der Waals surface area contributed by atoms with Crippen LogP contribution in [0.1, 0.15) is 22.5 Å². The first-order valence-electron chi connectivity index (χ1n) is 10.7. The lowest BCUT2D eigenvalue weighted by molar-refractivity contribution is -0.123. The summed E-state index contributed by atoms with van der Waals surface area (Å²) < 4.78 is 17.2. The van der Waals surface area contributed by atoms with Crippen LogP contribution in [0.4, 0.5) is 9.18 Å². The molecule has 1 saturated heterocycles. The molecule has 3 aromatic carbocycles. The van der Waals surface area contributed by atoms with E-state index in [1.807, 2.05) is 38.1 Å². The Bertz CT molecular complexity index is 1510. The number of thioether (sulfide) groups is 1. The van der Waals surface area contributed by atoms with Crippen LogP contribution in [0.3, 0.4) is 0 Å². The van der Waals surface area contributed by atoms with E-state index >= 15 is 0 Å². The third-order valence-electron chi connectivity index (χ3n) is 6.01. The minimum atomic E-state index is -0.434. The molecule has 0 unspecified atom stereocenters. The van der Waals surface area contributed by atoms with E-state index < -0.39 is 17.0 Å². The Morgan fingerprint density at radius 2 is 1.68 bits per heavy atom. The summed E-state index contributed by atoms with van der Waals surface area (Å²) >= 11 is 4.52. The second-order valence-corrected chi connectivity index (χ2v) is 9.98. The average Bonchev–Trinajstić information content (AvgIpc) is 3.25. The lowest BCUT2D eigenvalue weighted by Crippen LogP contribution is -2.27. The van der Waals surface area contributed by atoms with Gasteiger partial charge in [0.15, 0.2) is 0 Å². The fourth-order valence-electron chi connectivity index (χ4n) is 4.32. The molecular formula is C27H20BrFN2O2S. The first-order valence-corrected chi connectivity index (χ1v) is 12.3. The Morgan fingerprint density at radius 1 is 0.971 bits per heavy atom. The van der Waals surface area contributed by atoms with Crippen molar-refractivity contribution in [2.75, 3.05) is 0 Å². The van der Waals surface area contributed by atoms with Crippen molar-refractivity contribution >= 4 is 55.7 Å². The van der Waals surface area contributed by atoms with Crippen LogP contribution in [0.5, 0.6) is 0 Å². The molecule has 2 heterocycles. The summed E-state index contributed by atoms with van der Waals surface area (Å²) in [6.45, 7) is 3.93. The van der Waals surface area contributed by atoms with Crippen molar-refractivity contribution in [2.24, 2.45) is 0 Å². The lowest BCUT2D eigenvalue weighted by Gasteiger charge is -2.14. The zero-order valence-corrected chi connectivity index (χ0v) is 20.9. The summed E-state index contributed by atoms with van der Waals surface area (Å²) in [5.41, 5.74) is 4.20. The van der Waals surface area contributed by atoms with Crippen molar-refractivity contribution in [2.45, 2.75) is 20.4 Å². The number of hydrogen-bond donors (Lipinski definition) is 0. The standard InChI is InChI=1S/C27H20BrFN2O2S/c1-16-13-19(17(2)31(16)24-12-11-22(28)20-8-4-5-9-21(20)24)14-25-26(32)30(27(33)34-25)15-18-7-3-6-10-23(18)29/h3-14H,15H2,1-2H3/b25-14-. The van der Waals surface area contributed by atoms with Crippen LogP contribution in [0.15, 0.2) is 76.1 Å². The SMILES string of the molecule is Cc1cc(/C=C2\SC(=O)N(Cc3ccccc3F)C2=O)c(C)n1-c1ccc(Br)c2ccccc12. The van der Waals surface area contributed by atoms with E-state index in [4.69, 9.17) is 0 Å². The molecule has 0 bridgehead atoms. The smallest absolute Gasteiger partial charge is 0.293 e. The number of amides is 2. The van der Waals surface area contributed by atoms with Gasteiger partial charge in [-0.25, -0.2) is 4.39 Å². The molecule has 1 aliphatic rings. The minimum absolute atomic E-state index is 0.0847.